The van der Waals surface area contributed by atoms with Gasteiger partial charge in [-0.15, -0.1) is 0 Å². The molecule has 0 radical (unpaired) electrons. The van der Waals surface area contributed by atoms with Crippen LogP contribution in [0.5, 0.6) is 0 Å². The van der Waals surface area contributed by atoms with Crippen LogP contribution in [0, 0.1) is 0 Å². The number of likely N-dealkylation sites (tertiary alicyclic amines) is 1. The molecule has 0 spiro atoms. The highest BCUT2D eigenvalue weighted by Crippen LogP contribution is 2.33. The molecule has 0 aromatic heterocycles. The predicted molar refractivity (Wildman–Crippen MR) is 74.9 cm³/mol. The summed E-state index contributed by atoms with van der Waals surface area (Å²) in [6.07, 6.45) is -3.40. The Kier molecular flexibility index (Phi) is 5.24. The van der Waals surface area contributed by atoms with E-state index in [0.717, 1.165) is 24.6 Å². The van der Waals surface area contributed by atoms with Gasteiger partial charge in [-0.3, -0.25) is 0 Å². The third-order valence-corrected chi connectivity index (χ3v) is 3.93. The van der Waals surface area contributed by atoms with Gasteiger partial charge in [0, 0.05) is 13.1 Å². The number of rotatable bonds is 5. The predicted octanol–water partition coefficient (Wildman–Crippen LogP) is 2.20. The highest BCUT2D eigenvalue weighted by atomic mass is 19.4. The molecule has 2 atom stereocenters. The zero-order valence-electron chi connectivity index (χ0n) is 11.8. The van der Waals surface area contributed by atoms with E-state index < -0.39 is 17.8 Å². The average Bonchev–Trinajstić information content (AvgIpc) is 2.86. The largest absolute Gasteiger partial charge is 0.416 e. The molecule has 0 saturated carbocycles. The van der Waals surface area contributed by atoms with Crippen molar-refractivity contribution in [2.24, 2.45) is 5.73 Å². The van der Waals surface area contributed by atoms with Gasteiger partial charge in [0.05, 0.1) is 11.7 Å². The molecule has 1 aromatic rings. The standard InChI is InChI=1S/C15H21F3N2O/c16-15(17,18)13-3-1-2-11(8-13)12-5-7-20(9-12)10-14(21)4-6-19/h1-3,8,12,14,21H,4-7,9-10,19H2/t12?,14-/m1/s1. The van der Waals surface area contributed by atoms with Crippen molar-refractivity contribution >= 4 is 0 Å². The number of alkyl halides is 3. The van der Waals surface area contributed by atoms with Crippen molar-refractivity contribution in [3.63, 3.8) is 0 Å². The summed E-state index contributed by atoms with van der Waals surface area (Å²) in [5.74, 6) is 0.0948. The molecule has 3 nitrogen and oxygen atoms in total. The van der Waals surface area contributed by atoms with Gasteiger partial charge in [0.15, 0.2) is 0 Å². The van der Waals surface area contributed by atoms with E-state index >= 15 is 0 Å². The number of hydrogen-bond acceptors (Lipinski definition) is 3. The number of hydrogen-bond donors (Lipinski definition) is 2. The summed E-state index contributed by atoms with van der Waals surface area (Å²) < 4.78 is 38.2. The van der Waals surface area contributed by atoms with E-state index in [9.17, 15) is 18.3 Å². The molecule has 0 bridgehead atoms. The maximum atomic E-state index is 12.7. The van der Waals surface area contributed by atoms with E-state index in [1.54, 1.807) is 6.07 Å². The van der Waals surface area contributed by atoms with Crippen LogP contribution in [0.15, 0.2) is 24.3 Å². The Balaban J connectivity index is 1.98. The van der Waals surface area contributed by atoms with Gasteiger partial charge in [-0.2, -0.15) is 13.2 Å². The first-order valence-electron chi connectivity index (χ1n) is 7.18. The van der Waals surface area contributed by atoms with Crippen LogP contribution in [-0.2, 0) is 6.18 Å². The highest BCUT2D eigenvalue weighted by Gasteiger charge is 2.32. The van der Waals surface area contributed by atoms with Gasteiger partial charge in [0.1, 0.15) is 0 Å². The fourth-order valence-corrected chi connectivity index (χ4v) is 2.82. The van der Waals surface area contributed by atoms with Crippen molar-refractivity contribution in [3.8, 4) is 0 Å². The van der Waals surface area contributed by atoms with E-state index in [4.69, 9.17) is 5.73 Å². The van der Waals surface area contributed by atoms with Crippen LogP contribution in [0.4, 0.5) is 13.2 Å². The van der Waals surface area contributed by atoms with Crippen LogP contribution in [-0.4, -0.2) is 42.3 Å². The summed E-state index contributed by atoms with van der Waals surface area (Å²) in [5, 5.41) is 9.75. The molecule has 1 unspecified atom stereocenters. The van der Waals surface area contributed by atoms with Crippen LogP contribution in [0.25, 0.3) is 0 Å². The molecule has 1 aliphatic heterocycles. The van der Waals surface area contributed by atoms with Crippen molar-refractivity contribution in [2.75, 3.05) is 26.2 Å². The zero-order chi connectivity index (χ0) is 15.5. The van der Waals surface area contributed by atoms with Gasteiger partial charge >= 0.3 is 6.18 Å². The molecule has 1 aliphatic rings. The second-order valence-corrected chi connectivity index (χ2v) is 5.60. The maximum Gasteiger partial charge on any atom is 0.416 e. The summed E-state index contributed by atoms with van der Waals surface area (Å²) in [6.45, 7) is 2.45. The summed E-state index contributed by atoms with van der Waals surface area (Å²) in [5.41, 5.74) is 5.52. The Morgan fingerprint density at radius 2 is 2.14 bits per heavy atom. The lowest BCUT2D eigenvalue weighted by Gasteiger charge is -2.20. The first kappa shape index (κ1) is 16.3. The second kappa shape index (κ2) is 6.77. The zero-order valence-corrected chi connectivity index (χ0v) is 11.8. The van der Waals surface area contributed by atoms with Crippen molar-refractivity contribution < 1.29 is 18.3 Å². The van der Waals surface area contributed by atoms with Gasteiger partial charge in [0.25, 0.3) is 0 Å². The first-order chi connectivity index (χ1) is 9.90. The van der Waals surface area contributed by atoms with E-state index in [1.165, 1.54) is 12.1 Å². The van der Waals surface area contributed by atoms with Crippen LogP contribution >= 0.6 is 0 Å². The van der Waals surface area contributed by atoms with Gasteiger partial charge in [-0.25, -0.2) is 0 Å². The lowest BCUT2D eigenvalue weighted by Crippen LogP contribution is -2.31. The summed E-state index contributed by atoms with van der Waals surface area (Å²) >= 11 is 0. The molecule has 1 fully saturated rings. The monoisotopic (exact) mass is 302 g/mol. The van der Waals surface area contributed by atoms with E-state index in [2.05, 4.69) is 4.90 Å². The van der Waals surface area contributed by atoms with Crippen LogP contribution in [0.2, 0.25) is 0 Å². The van der Waals surface area contributed by atoms with Crippen molar-refractivity contribution in [3.05, 3.63) is 35.4 Å². The number of aliphatic hydroxyl groups is 1. The third kappa shape index (κ3) is 4.43. The molecular weight excluding hydrogens is 281 g/mol. The number of aliphatic hydroxyl groups excluding tert-OH is 1. The minimum absolute atomic E-state index is 0.0948. The molecule has 6 heteroatoms. The number of benzene rings is 1. The molecule has 1 heterocycles. The van der Waals surface area contributed by atoms with Gasteiger partial charge in [0.2, 0.25) is 0 Å². The first-order valence-corrected chi connectivity index (χ1v) is 7.18. The fraction of sp³-hybridized carbons (Fsp3) is 0.600. The van der Waals surface area contributed by atoms with E-state index in [-0.39, 0.29) is 5.92 Å². The SMILES string of the molecule is NCC[C@@H](O)CN1CCC(c2cccc(C(F)(F)F)c2)C1. The molecule has 3 N–H and O–H groups in total. The number of halogens is 3. The van der Waals surface area contributed by atoms with E-state index in [0.29, 0.717) is 26.1 Å². The smallest absolute Gasteiger partial charge is 0.392 e. The Hall–Kier alpha value is -1.11. The summed E-state index contributed by atoms with van der Waals surface area (Å²) in [6, 6.07) is 5.55. The van der Waals surface area contributed by atoms with Crippen molar-refractivity contribution in [2.45, 2.75) is 31.0 Å². The van der Waals surface area contributed by atoms with Gasteiger partial charge < -0.3 is 15.7 Å². The normalized spacial score (nSPS) is 21.7. The summed E-state index contributed by atoms with van der Waals surface area (Å²) in [4.78, 5) is 2.09. The molecule has 1 saturated heterocycles. The van der Waals surface area contributed by atoms with Crippen molar-refractivity contribution in [1.29, 1.82) is 0 Å². The molecule has 2 rings (SSSR count). The lowest BCUT2D eigenvalue weighted by molar-refractivity contribution is -0.137. The fourth-order valence-electron chi connectivity index (χ4n) is 2.82. The maximum absolute atomic E-state index is 12.7. The second-order valence-electron chi connectivity index (χ2n) is 5.60. The number of nitrogens with zero attached hydrogens (tertiary/aromatic N) is 1. The summed E-state index contributed by atoms with van der Waals surface area (Å²) in [7, 11) is 0. The topological polar surface area (TPSA) is 49.5 Å². The molecule has 0 aliphatic carbocycles. The number of nitrogens with two attached hydrogens (primary N) is 1. The Labute approximate surface area is 122 Å². The molecule has 1 aromatic carbocycles. The van der Waals surface area contributed by atoms with Crippen molar-refractivity contribution in [1.82, 2.24) is 4.90 Å². The van der Waals surface area contributed by atoms with Crippen LogP contribution < -0.4 is 5.73 Å². The third-order valence-electron chi connectivity index (χ3n) is 3.93. The van der Waals surface area contributed by atoms with Gasteiger partial charge in [-0.05, 0) is 43.5 Å². The van der Waals surface area contributed by atoms with Crippen LogP contribution in [0.1, 0.15) is 29.9 Å². The quantitative estimate of drug-likeness (QED) is 0.877. The van der Waals surface area contributed by atoms with E-state index in [1.807, 2.05) is 0 Å². The van der Waals surface area contributed by atoms with Crippen LogP contribution in [0.3, 0.4) is 0 Å². The number of β-amino-alcohol motifs (C(OH)–C–C–N with tert-alkyl or cyclic N) is 1. The average molecular weight is 302 g/mol. The molecule has 118 valence electrons. The lowest BCUT2D eigenvalue weighted by atomic mass is 9.96. The minimum Gasteiger partial charge on any atom is -0.392 e. The Bertz CT molecular complexity index is 464. The molecule has 21 heavy (non-hydrogen) atoms. The minimum atomic E-state index is -4.30. The molecular formula is C15H21F3N2O. The Morgan fingerprint density at radius 3 is 2.81 bits per heavy atom. The molecule has 0 amide bonds. The highest BCUT2D eigenvalue weighted by molar-refractivity contribution is 5.29. The van der Waals surface area contributed by atoms with Gasteiger partial charge in [-0.1, -0.05) is 18.2 Å². The Morgan fingerprint density at radius 1 is 1.38 bits per heavy atom.